The van der Waals surface area contributed by atoms with Crippen LogP contribution in [0.4, 0.5) is 0 Å². The van der Waals surface area contributed by atoms with E-state index in [0.717, 1.165) is 0 Å². The second kappa shape index (κ2) is 4.81. The van der Waals surface area contributed by atoms with E-state index in [1.165, 1.54) is 4.90 Å². The van der Waals surface area contributed by atoms with Crippen LogP contribution in [0.3, 0.4) is 0 Å². The van der Waals surface area contributed by atoms with Crippen LogP contribution >= 0.6 is 12.2 Å². The highest BCUT2D eigenvalue weighted by Gasteiger charge is 2.35. The minimum Gasteiger partial charge on any atom is -0.388 e. The van der Waals surface area contributed by atoms with Crippen molar-refractivity contribution in [2.45, 2.75) is 19.9 Å². The molecule has 0 radical (unpaired) electrons. The van der Waals surface area contributed by atoms with Gasteiger partial charge in [0.25, 0.3) is 0 Å². The molecule has 0 saturated carbocycles. The number of imide groups is 1. The Hall–Kier alpha value is -1.82. The van der Waals surface area contributed by atoms with E-state index in [1.807, 2.05) is 0 Å². The average Bonchev–Trinajstić information content (AvgIpc) is 2.56. The molecule has 6 heteroatoms. The molecular formula is C12H13N3O2S. The second-order valence-corrected chi connectivity index (χ2v) is 4.74. The molecule has 1 aromatic rings. The van der Waals surface area contributed by atoms with Crippen LogP contribution < -0.4 is 5.73 Å². The molecule has 0 aliphatic carbocycles. The Morgan fingerprint density at radius 2 is 2.33 bits per heavy atom. The molecule has 1 saturated heterocycles. The number of thiocarbonyl (C=S) groups is 1. The lowest BCUT2D eigenvalue weighted by Crippen LogP contribution is -2.31. The Morgan fingerprint density at radius 3 is 2.89 bits per heavy atom. The van der Waals surface area contributed by atoms with Crippen LogP contribution in [0.15, 0.2) is 18.3 Å². The maximum atomic E-state index is 11.8. The number of carbonyl (C=O) groups is 2. The molecule has 1 atom stereocenters. The standard InChI is InChI=1S/C12H13N3O2S/c1-7-5-9(16)15(12(7)17)6-8-3-2-4-14-10(8)11(13)18/h2-4,7H,5-6H2,1H3,(H2,13,18). The summed E-state index contributed by atoms with van der Waals surface area (Å²) < 4.78 is 0. The molecule has 0 bridgehead atoms. The number of pyridine rings is 1. The van der Waals surface area contributed by atoms with Crippen LogP contribution in [0, 0.1) is 5.92 Å². The number of nitrogens with two attached hydrogens (primary N) is 1. The average molecular weight is 263 g/mol. The van der Waals surface area contributed by atoms with Crippen molar-refractivity contribution in [3.8, 4) is 0 Å². The van der Waals surface area contributed by atoms with Crippen molar-refractivity contribution in [1.82, 2.24) is 9.88 Å². The lowest BCUT2D eigenvalue weighted by molar-refractivity contribution is -0.139. The molecule has 5 nitrogen and oxygen atoms in total. The minimum atomic E-state index is -0.248. The van der Waals surface area contributed by atoms with Crippen molar-refractivity contribution >= 4 is 29.0 Å². The molecule has 0 spiro atoms. The summed E-state index contributed by atoms with van der Waals surface area (Å²) in [5.74, 6) is -0.564. The molecule has 2 amide bonds. The van der Waals surface area contributed by atoms with Crippen LogP contribution in [0.1, 0.15) is 24.6 Å². The van der Waals surface area contributed by atoms with Gasteiger partial charge in [-0.3, -0.25) is 19.5 Å². The molecule has 18 heavy (non-hydrogen) atoms. The van der Waals surface area contributed by atoms with Crippen molar-refractivity contribution in [3.63, 3.8) is 0 Å². The molecule has 2 heterocycles. The Morgan fingerprint density at radius 1 is 1.61 bits per heavy atom. The maximum absolute atomic E-state index is 11.8. The Bertz CT molecular complexity index is 530. The number of hydrogen-bond acceptors (Lipinski definition) is 4. The Labute approximate surface area is 110 Å². The van der Waals surface area contributed by atoms with E-state index in [1.54, 1.807) is 25.3 Å². The molecule has 2 N–H and O–H groups in total. The zero-order chi connectivity index (χ0) is 13.3. The van der Waals surface area contributed by atoms with Gasteiger partial charge in [0.15, 0.2) is 0 Å². The van der Waals surface area contributed by atoms with Crippen LogP contribution in [0.25, 0.3) is 0 Å². The van der Waals surface area contributed by atoms with Crippen molar-refractivity contribution in [2.75, 3.05) is 0 Å². The largest absolute Gasteiger partial charge is 0.388 e. The molecule has 94 valence electrons. The number of nitrogens with zero attached hydrogens (tertiary/aromatic N) is 2. The predicted octanol–water partition coefficient (Wildman–Crippen LogP) is 0.611. The van der Waals surface area contributed by atoms with Crippen molar-refractivity contribution in [1.29, 1.82) is 0 Å². The van der Waals surface area contributed by atoms with E-state index >= 15 is 0 Å². The third-order valence-corrected chi connectivity index (χ3v) is 3.12. The highest BCUT2D eigenvalue weighted by molar-refractivity contribution is 7.80. The van der Waals surface area contributed by atoms with Gasteiger partial charge in [0.05, 0.1) is 6.54 Å². The first-order valence-electron chi connectivity index (χ1n) is 5.58. The summed E-state index contributed by atoms with van der Waals surface area (Å²) in [5, 5.41) is 0. The summed E-state index contributed by atoms with van der Waals surface area (Å²) in [6, 6.07) is 3.50. The lowest BCUT2D eigenvalue weighted by Gasteiger charge is -2.16. The first kappa shape index (κ1) is 12.6. The van der Waals surface area contributed by atoms with Gasteiger partial charge in [-0.1, -0.05) is 25.2 Å². The SMILES string of the molecule is CC1CC(=O)N(Cc2cccnc2C(N)=S)C1=O. The summed E-state index contributed by atoms with van der Waals surface area (Å²) in [5.41, 5.74) is 6.73. The maximum Gasteiger partial charge on any atom is 0.232 e. The number of hydrogen-bond donors (Lipinski definition) is 1. The smallest absolute Gasteiger partial charge is 0.232 e. The van der Waals surface area contributed by atoms with Gasteiger partial charge in [0.2, 0.25) is 11.8 Å². The Kier molecular flexibility index (Phi) is 3.38. The monoisotopic (exact) mass is 263 g/mol. The van der Waals surface area contributed by atoms with Crippen molar-refractivity contribution in [3.05, 3.63) is 29.6 Å². The van der Waals surface area contributed by atoms with Gasteiger partial charge in [-0.2, -0.15) is 0 Å². The number of carbonyl (C=O) groups excluding carboxylic acids is 2. The summed E-state index contributed by atoms with van der Waals surface area (Å²) in [4.78, 5) is 29.0. The summed E-state index contributed by atoms with van der Waals surface area (Å²) >= 11 is 4.90. The molecule has 1 fully saturated rings. The highest BCUT2D eigenvalue weighted by Crippen LogP contribution is 2.21. The van der Waals surface area contributed by atoms with E-state index in [0.29, 0.717) is 11.3 Å². The van der Waals surface area contributed by atoms with Gasteiger partial charge in [0.1, 0.15) is 10.7 Å². The summed E-state index contributed by atoms with van der Waals surface area (Å²) in [6.45, 7) is 1.93. The van der Waals surface area contributed by atoms with Gasteiger partial charge in [-0.15, -0.1) is 0 Å². The van der Waals surface area contributed by atoms with E-state index in [2.05, 4.69) is 4.98 Å². The van der Waals surface area contributed by atoms with Crippen LogP contribution in [0.5, 0.6) is 0 Å². The Balaban J connectivity index is 2.27. The zero-order valence-corrected chi connectivity index (χ0v) is 10.7. The molecule has 1 unspecified atom stereocenters. The predicted molar refractivity (Wildman–Crippen MR) is 69.5 cm³/mol. The summed E-state index contributed by atoms with van der Waals surface area (Å²) in [7, 11) is 0. The van der Waals surface area contributed by atoms with E-state index < -0.39 is 0 Å². The normalized spacial score (nSPS) is 19.4. The first-order chi connectivity index (χ1) is 8.50. The third kappa shape index (κ3) is 2.24. The quantitative estimate of drug-likeness (QED) is 0.638. The topological polar surface area (TPSA) is 76.3 Å². The van der Waals surface area contributed by atoms with Gasteiger partial charge in [-0.05, 0) is 6.07 Å². The molecule has 2 rings (SSSR count). The minimum absolute atomic E-state index is 0.155. The van der Waals surface area contributed by atoms with Gasteiger partial charge in [0, 0.05) is 24.1 Å². The molecule has 0 aromatic carbocycles. The molecule has 1 aromatic heterocycles. The molecular weight excluding hydrogens is 250 g/mol. The van der Waals surface area contributed by atoms with E-state index in [4.69, 9.17) is 18.0 Å². The fourth-order valence-corrected chi connectivity index (χ4v) is 2.16. The zero-order valence-electron chi connectivity index (χ0n) is 9.92. The van der Waals surface area contributed by atoms with Crippen molar-refractivity contribution < 1.29 is 9.59 Å². The first-order valence-corrected chi connectivity index (χ1v) is 5.99. The number of rotatable bonds is 3. The van der Waals surface area contributed by atoms with Gasteiger partial charge < -0.3 is 5.73 Å². The van der Waals surface area contributed by atoms with Gasteiger partial charge >= 0.3 is 0 Å². The number of amides is 2. The molecule has 1 aliphatic rings. The fourth-order valence-electron chi connectivity index (χ4n) is 1.97. The van der Waals surface area contributed by atoms with E-state index in [-0.39, 0.29) is 35.7 Å². The second-order valence-electron chi connectivity index (χ2n) is 4.30. The summed E-state index contributed by atoms with van der Waals surface area (Å²) in [6.07, 6.45) is 1.84. The van der Waals surface area contributed by atoms with Crippen LogP contribution in [0.2, 0.25) is 0 Å². The highest BCUT2D eigenvalue weighted by atomic mass is 32.1. The lowest BCUT2D eigenvalue weighted by atomic mass is 10.1. The van der Waals surface area contributed by atoms with Crippen LogP contribution in [-0.4, -0.2) is 26.7 Å². The van der Waals surface area contributed by atoms with Crippen LogP contribution in [-0.2, 0) is 16.1 Å². The molecule has 1 aliphatic heterocycles. The fraction of sp³-hybridized carbons (Fsp3) is 0.333. The van der Waals surface area contributed by atoms with E-state index in [9.17, 15) is 9.59 Å². The third-order valence-electron chi connectivity index (χ3n) is 2.92. The van der Waals surface area contributed by atoms with Gasteiger partial charge in [-0.25, -0.2) is 0 Å². The number of likely N-dealkylation sites (tertiary alicyclic amines) is 1. The number of aromatic nitrogens is 1. The van der Waals surface area contributed by atoms with Crippen molar-refractivity contribution in [2.24, 2.45) is 11.7 Å².